The standard InChI is InChI=1S/C10H14N4O3S/c1-2-17-10(16)8-6-11-3-4-14(8)9(15)7-5-12-18-13-7/h5,8,11H,2-4,6H2,1H3. The van der Waals surface area contributed by atoms with E-state index in [2.05, 4.69) is 14.1 Å². The van der Waals surface area contributed by atoms with Gasteiger partial charge < -0.3 is 15.0 Å². The molecule has 1 saturated heterocycles. The Hall–Kier alpha value is -1.54. The first-order valence-corrected chi connectivity index (χ1v) is 6.43. The van der Waals surface area contributed by atoms with Crippen LogP contribution in [-0.4, -0.2) is 57.8 Å². The van der Waals surface area contributed by atoms with E-state index in [1.165, 1.54) is 11.1 Å². The van der Waals surface area contributed by atoms with E-state index in [1.807, 2.05) is 0 Å². The predicted molar refractivity (Wildman–Crippen MR) is 64.2 cm³/mol. The molecule has 0 aromatic carbocycles. The lowest BCUT2D eigenvalue weighted by molar-refractivity contribution is -0.149. The number of esters is 1. The third-order valence-electron chi connectivity index (χ3n) is 2.64. The molecule has 1 atom stereocenters. The Kier molecular flexibility index (Phi) is 4.21. The molecule has 98 valence electrons. The van der Waals surface area contributed by atoms with Crippen molar-refractivity contribution in [1.29, 1.82) is 0 Å². The Morgan fingerprint density at radius 3 is 3.17 bits per heavy atom. The molecule has 0 aliphatic carbocycles. The molecule has 1 aliphatic heterocycles. The van der Waals surface area contributed by atoms with E-state index in [0.29, 0.717) is 26.2 Å². The van der Waals surface area contributed by atoms with Crippen LogP contribution in [0.2, 0.25) is 0 Å². The number of nitrogens with one attached hydrogen (secondary N) is 1. The second-order valence-electron chi connectivity index (χ2n) is 3.76. The number of amides is 1. The second kappa shape index (κ2) is 5.87. The third kappa shape index (κ3) is 2.65. The molecule has 1 N–H and O–H groups in total. The van der Waals surface area contributed by atoms with Gasteiger partial charge >= 0.3 is 5.97 Å². The summed E-state index contributed by atoms with van der Waals surface area (Å²) in [6.45, 7) is 3.56. The fourth-order valence-corrected chi connectivity index (χ4v) is 2.21. The number of hydrogen-bond acceptors (Lipinski definition) is 7. The van der Waals surface area contributed by atoms with Gasteiger partial charge in [-0.15, -0.1) is 0 Å². The van der Waals surface area contributed by atoms with E-state index in [4.69, 9.17) is 4.74 Å². The van der Waals surface area contributed by atoms with Crippen LogP contribution in [-0.2, 0) is 9.53 Å². The van der Waals surface area contributed by atoms with Crippen LogP contribution in [0.25, 0.3) is 0 Å². The minimum Gasteiger partial charge on any atom is -0.464 e. The van der Waals surface area contributed by atoms with Gasteiger partial charge in [-0.3, -0.25) is 4.79 Å². The van der Waals surface area contributed by atoms with Crippen LogP contribution >= 0.6 is 11.7 Å². The summed E-state index contributed by atoms with van der Waals surface area (Å²) >= 11 is 0.972. The van der Waals surface area contributed by atoms with Crippen molar-refractivity contribution in [3.05, 3.63) is 11.9 Å². The largest absolute Gasteiger partial charge is 0.464 e. The molecule has 2 rings (SSSR count). The Bertz CT molecular complexity index is 423. The second-order valence-corrected chi connectivity index (χ2v) is 4.32. The van der Waals surface area contributed by atoms with Gasteiger partial charge in [-0.25, -0.2) is 4.79 Å². The molecule has 0 bridgehead atoms. The molecule has 8 heteroatoms. The summed E-state index contributed by atoms with van der Waals surface area (Å²) in [7, 11) is 0. The van der Waals surface area contributed by atoms with Gasteiger partial charge in [0, 0.05) is 19.6 Å². The maximum absolute atomic E-state index is 12.2. The van der Waals surface area contributed by atoms with Gasteiger partial charge in [0.25, 0.3) is 5.91 Å². The summed E-state index contributed by atoms with van der Waals surface area (Å²) in [4.78, 5) is 25.5. The Morgan fingerprint density at radius 1 is 1.67 bits per heavy atom. The lowest BCUT2D eigenvalue weighted by Gasteiger charge is -2.33. The topological polar surface area (TPSA) is 84.4 Å². The van der Waals surface area contributed by atoms with Gasteiger partial charge in [-0.2, -0.15) is 8.75 Å². The lowest BCUT2D eigenvalue weighted by atomic mass is 10.2. The summed E-state index contributed by atoms with van der Waals surface area (Å²) in [6.07, 6.45) is 1.41. The molecule has 1 aromatic rings. The normalized spacial score (nSPS) is 19.6. The number of ether oxygens (including phenoxy) is 1. The molecular weight excluding hydrogens is 256 g/mol. The van der Waals surface area contributed by atoms with Crippen LogP contribution < -0.4 is 5.32 Å². The van der Waals surface area contributed by atoms with E-state index in [0.717, 1.165) is 11.7 Å². The molecule has 1 unspecified atom stereocenters. The van der Waals surface area contributed by atoms with Gasteiger partial charge in [0.15, 0.2) is 5.69 Å². The molecule has 1 aliphatic rings. The van der Waals surface area contributed by atoms with Crippen molar-refractivity contribution in [2.24, 2.45) is 0 Å². The Morgan fingerprint density at radius 2 is 2.50 bits per heavy atom. The summed E-state index contributed by atoms with van der Waals surface area (Å²) in [5.74, 6) is -0.662. The Balaban J connectivity index is 2.12. The molecule has 7 nitrogen and oxygen atoms in total. The van der Waals surface area contributed by atoms with Crippen molar-refractivity contribution in [3.63, 3.8) is 0 Å². The van der Waals surface area contributed by atoms with Crippen LogP contribution in [0.5, 0.6) is 0 Å². The van der Waals surface area contributed by atoms with Gasteiger partial charge in [0.05, 0.1) is 24.5 Å². The average molecular weight is 270 g/mol. The van der Waals surface area contributed by atoms with Crippen molar-refractivity contribution in [1.82, 2.24) is 19.0 Å². The number of nitrogens with zero attached hydrogens (tertiary/aromatic N) is 3. The first-order valence-electron chi connectivity index (χ1n) is 5.70. The number of carbonyl (C=O) groups is 2. The van der Waals surface area contributed by atoms with Crippen LogP contribution in [0.4, 0.5) is 0 Å². The van der Waals surface area contributed by atoms with Crippen molar-refractivity contribution in [2.45, 2.75) is 13.0 Å². The van der Waals surface area contributed by atoms with Crippen LogP contribution in [0.3, 0.4) is 0 Å². The monoisotopic (exact) mass is 270 g/mol. The summed E-state index contributed by atoms with van der Waals surface area (Å²) in [5, 5.41) is 3.08. The van der Waals surface area contributed by atoms with Crippen molar-refractivity contribution >= 4 is 23.6 Å². The number of hydrogen-bond donors (Lipinski definition) is 1. The highest BCUT2D eigenvalue weighted by atomic mass is 32.1. The third-order valence-corrected chi connectivity index (χ3v) is 3.12. The minimum atomic E-state index is -0.590. The van der Waals surface area contributed by atoms with E-state index in [-0.39, 0.29) is 17.6 Å². The highest BCUT2D eigenvalue weighted by molar-refractivity contribution is 6.99. The molecular formula is C10H14N4O3S. The maximum atomic E-state index is 12.2. The summed E-state index contributed by atoms with van der Waals surface area (Å²) < 4.78 is 12.7. The van der Waals surface area contributed by atoms with Gasteiger partial charge in [-0.05, 0) is 6.92 Å². The van der Waals surface area contributed by atoms with Crippen molar-refractivity contribution < 1.29 is 14.3 Å². The number of carbonyl (C=O) groups excluding carboxylic acids is 2. The van der Waals surface area contributed by atoms with E-state index < -0.39 is 6.04 Å². The van der Waals surface area contributed by atoms with Crippen LogP contribution in [0, 0.1) is 0 Å². The van der Waals surface area contributed by atoms with Gasteiger partial charge in [-0.1, -0.05) is 0 Å². The first kappa shape index (κ1) is 12.9. The van der Waals surface area contributed by atoms with E-state index in [1.54, 1.807) is 6.92 Å². The molecule has 18 heavy (non-hydrogen) atoms. The highest BCUT2D eigenvalue weighted by Gasteiger charge is 2.34. The SMILES string of the molecule is CCOC(=O)C1CNCCN1C(=O)c1cnsn1. The summed E-state index contributed by atoms with van der Waals surface area (Å²) in [6, 6.07) is -0.590. The van der Waals surface area contributed by atoms with Crippen LogP contribution in [0.15, 0.2) is 6.20 Å². The molecule has 0 saturated carbocycles. The number of rotatable bonds is 3. The molecule has 1 aromatic heterocycles. The highest BCUT2D eigenvalue weighted by Crippen LogP contribution is 2.10. The fraction of sp³-hybridized carbons (Fsp3) is 0.600. The van der Waals surface area contributed by atoms with Gasteiger partial charge in [0.1, 0.15) is 6.04 Å². The zero-order valence-corrected chi connectivity index (χ0v) is 10.8. The smallest absolute Gasteiger partial charge is 0.330 e. The number of aromatic nitrogens is 2. The van der Waals surface area contributed by atoms with Crippen LogP contribution in [0.1, 0.15) is 17.4 Å². The lowest BCUT2D eigenvalue weighted by Crippen LogP contribution is -2.57. The maximum Gasteiger partial charge on any atom is 0.330 e. The zero-order chi connectivity index (χ0) is 13.0. The zero-order valence-electron chi connectivity index (χ0n) is 9.96. The molecule has 1 fully saturated rings. The van der Waals surface area contributed by atoms with E-state index >= 15 is 0 Å². The quantitative estimate of drug-likeness (QED) is 0.746. The van der Waals surface area contributed by atoms with Crippen molar-refractivity contribution in [3.8, 4) is 0 Å². The van der Waals surface area contributed by atoms with Crippen molar-refractivity contribution in [2.75, 3.05) is 26.2 Å². The molecule has 2 heterocycles. The Labute approximate surface area is 108 Å². The minimum absolute atomic E-state index is 0.274. The molecule has 1 amide bonds. The average Bonchev–Trinajstić information content (AvgIpc) is 2.92. The summed E-state index contributed by atoms with van der Waals surface area (Å²) in [5.41, 5.74) is 0.274. The predicted octanol–water partition coefficient (Wildman–Crippen LogP) is -0.485. The molecule has 0 radical (unpaired) electrons. The van der Waals surface area contributed by atoms with E-state index in [9.17, 15) is 9.59 Å². The molecule has 0 spiro atoms. The number of piperazine rings is 1. The fourth-order valence-electron chi connectivity index (χ4n) is 1.80. The first-order chi connectivity index (χ1) is 8.74. The van der Waals surface area contributed by atoms with Gasteiger partial charge in [0.2, 0.25) is 0 Å².